The maximum absolute atomic E-state index is 13.5. The Hall–Kier alpha value is -2.86. The van der Waals surface area contributed by atoms with E-state index in [4.69, 9.17) is 46.4 Å². The van der Waals surface area contributed by atoms with E-state index in [1.807, 2.05) is 0 Å². The number of carboxylic acid groups (broad SMARTS) is 1. The number of nitrogens with one attached hydrogen (secondary N) is 2. The largest absolute Gasteiger partial charge is 0.480 e. The number of aliphatic carboxylic acids is 1. The van der Waals surface area contributed by atoms with Gasteiger partial charge in [0.1, 0.15) is 11.6 Å². The lowest BCUT2D eigenvalue weighted by atomic mass is 9.97. The summed E-state index contributed by atoms with van der Waals surface area (Å²) >= 11 is 24.2. The first-order chi connectivity index (χ1) is 19.7. The van der Waals surface area contributed by atoms with Crippen molar-refractivity contribution in [3.63, 3.8) is 0 Å². The van der Waals surface area contributed by atoms with Crippen molar-refractivity contribution < 1.29 is 27.9 Å². The fourth-order valence-electron chi connectivity index (χ4n) is 4.74. The molecule has 3 aromatic rings. The van der Waals surface area contributed by atoms with Crippen LogP contribution in [0.1, 0.15) is 35.7 Å². The fraction of sp³-hybridized carbons (Fsp3) is 0.250. The van der Waals surface area contributed by atoms with E-state index in [-0.39, 0.29) is 49.9 Å². The van der Waals surface area contributed by atoms with Crippen LogP contribution in [0.4, 0.5) is 5.69 Å². The third-order valence-corrected chi connectivity index (χ3v) is 10.00. The number of carboxylic acids is 1. The number of nitrogens with zero attached hydrogens (tertiary/aromatic N) is 1. The van der Waals surface area contributed by atoms with Crippen molar-refractivity contribution in [3.8, 4) is 0 Å². The quantitative estimate of drug-likeness (QED) is 0.259. The SMILES string of the molecule is C[C@@]1(C(=O)N[C@@H](Cc2ccc(NC(=O)c3c(Cl)cccc3Cl)cc2)C(=O)O)CCCN1S(=O)(=O)c1cc(Cl)cc(Cl)c1. The summed E-state index contributed by atoms with van der Waals surface area (Å²) in [6.45, 7) is 1.52. The van der Waals surface area contributed by atoms with Crippen LogP contribution in [0.2, 0.25) is 20.1 Å². The number of carbonyl (C=O) groups excluding carboxylic acids is 2. The van der Waals surface area contributed by atoms with Gasteiger partial charge in [-0.05, 0) is 67.8 Å². The molecule has 2 amide bonds. The molecule has 42 heavy (non-hydrogen) atoms. The Kier molecular flexibility index (Phi) is 9.76. The first-order valence-corrected chi connectivity index (χ1v) is 15.5. The van der Waals surface area contributed by atoms with Crippen molar-refractivity contribution in [2.45, 2.75) is 42.7 Å². The van der Waals surface area contributed by atoms with E-state index >= 15 is 0 Å². The van der Waals surface area contributed by atoms with Crippen molar-refractivity contribution in [1.82, 2.24) is 9.62 Å². The Morgan fingerprint density at radius 1 is 0.976 bits per heavy atom. The molecular weight excluding hydrogens is 648 g/mol. The normalized spacial score (nSPS) is 17.9. The number of benzene rings is 3. The lowest BCUT2D eigenvalue weighted by molar-refractivity contribution is -0.143. The molecule has 1 aliphatic heterocycles. The number of sulfonamides is 1. The molecule has 2 atom stereocenters. The second-order valence-corrected chi connectivity index (χ2v) is 13.4. The monoisotopic (exact) mass is 671 g/mol. The van der Waals surface area contributed by atoms with E-state index in [0.717, 1.165) is 4.31 Å². The van der Waals surface area contributed by atoms with E-state index in [9.17, 15) is 27.9 Å². The lowest BCUT2D eigenvalue weighted by Crippen LogP contribution is -2.58. The zero-order chi connectivity index (χ0) is 30.8. The Morgan fingerprint density at radius 2 is 1.57 bits per heavy atom. The molecule has 0 unspecified atom stereocenters. The van der Waals surface area contributed by atoms with Gasteiger partial charge >= 0.3 is 5.97 Å². The number of hydrogen-bond acceptors (Lipinski definition) is 5. The molecular formula is C28H25Cl4N3O6S. The molecule has 14 heteroatoms. The Morgan fingerprint density at radius 3 is 2.14 bits per heavy atom. The highest BCUT2D eigenvalue weighted by Gasteiger charge is 2.50. The zero-order valence-corrected chi connectivity index (χ0v) is 25.9. The highest BCUT2D eigenvalue weighted by atomic mass is 35.5. The van der Waals surface area contributed by atoms with Gasteiger partial charge in [-0.2, -0.15) is 4.31 Å². The molecule has 0 aliphatic carbocycles. The first kappa shape index (κ1) is 32.1. The van der Waals surface area contributed by atoms with Gasteiger partial charge in [0, 0.05) is 28.7 Å². The van der Waals surface area contributed by atoms with Gasteiger partial charge in [-0.15, -0.1) is 0 Å². The summed E-state index contributed by atoms with van der Waals surface area (Å²) in [4.78, 5) is 38.0. The summed E-state index contributed by atoms with van der Waals surface area (Å²) in [5.41, 5.74) is -0.467. The van der Waals surface area contributed by atoms with Gasteiger partial charge in [0.15, 0.2) is 0 Å². The van der Waals surface area contributed by atoms with Gasteiger partial charge in [0.05, 0.1) is 20.5 Å². The molecule has 0 saturated carbocycles. The molecule has 4 rings (SSSR count). The van der Waals surface area contributed by atoms with Crippen molar-refractivity contribution in [2.24, 2.45) is 0 Å². The predicted octanol–water partition coefficient (Wildman–Crippen LogP) is 5.91. The molecule has 9 nitrogen and oxygen atoms in total. The molecule has 0 spiro atoms. The second-order valence-electron chi connectivity index (χ2n) is 9.88. The Labute approximate surface area is 262 Å². The predicted molar refractivity (Wildman–Crippen MR) is 162 cm³/mol. The highest BCUT2D eigenvalue weighted by molar-refractivity contribution is 7.89. The Bertz CT molecular complexity index is 1610. The van der Waals surface area contributed by atoms with Crippen LogP contribution >= 0.6 is 46.4 Å². The van der Waals surface area contributed by atoms with Gasteiger partial charge in [-0.25, -0.2) is 13.2 Å². The van der Waals surface area contributed by atoms with Gasteiger partial charge in [0.25, 0.3) is 5.91 Å². The smallest absolute Gasteiger partial charge is 0.326 e. The number of amides is 2. The molecule has 3 N–H and O–H groups in total. The minimum atomic E-state index is -4.19. The highest BCUT2D eigenvalue weighted by Crippen LogP contribution is 2.36. The standard InChI is InChI=1S/C28H25Cl4N3O6S/c1-28(10-3-11-35(28)42(40,41)20-14-17(29)13-18(30)15-20)27(39)34-23(26(37)38)12-16-6-8-19(9-7-16)33-25(36)24-21(31)4-2-5-22(24)32/h2,4-9,13-15,23H,3,10-12H2,1H3,(H,33,36)(H,34,39)(H,37,38)/t23-,28-/m0/s1. The third kappa shape index (κ3) is 6.85. The van der Waals surface area contributed by atoms with E-state index in [2.05, 4.69) is 10.6 Å². The molecule has 0 aromatic heterocycles. The molecule has 1 aliphatic rings. The number of halogens is 4. The topological polar surface area (TPSA) is 133 Å². The van der Waals surface area contributed by atoms with Crippen LogP contribution in [0.15, 0.2) is 65.6 Å². The molecule has 1 saturated heterocycles. The summed E-state index contributed by atoms with van der Waals surface area (Å²) in [7, 11) is -4.19. The van der Waals surface area contributed by atoms with Crippen molar-refractivity contribution in [2.75, 3.05) is 11.9 Å². The minimum Gasteiger partial charge on any atom is -0.480 e. The molecule has 1 fully saturated rings. The minimum absolute atomic E-state index is 0.0563. The van der Waals surface area contributed by atoms with Crippen molar-refractivity contribution in [1.29, 1.82) is 0 Å². The molecule has 1 heterocycles. The summed E-state index contributed by atoms with van der Waals surface area (Å²) in [6, 6.07) is 13.6. The average molecular weight is 673 g/mol. The number of rotatable bonds is 9. The fourth-order valence-corrected chi connectivity index (χ4v) is 7.84. The van der Waals surface area contributed by atoms with Crippen LogP contribution in [0, 0.1) is 0 Å². The molecule has 0 bridgehead atoms. The lowest BCUT2D eigenvalue weighted by Gasteiger charge is -2.34. The van der Waals surface area contributed by atoms with Crippen LogP contribution in [-0.2, 0) is 26.0 Å². The van der Waals surface area contributed by atoms with Gasteiger partial charge in [-0.3, -0.25) is 9.59 Å². The van der Waals surface area contributed by atoms with Crippen LogP contribution in [0.5, 0.6) is 0 Å². The van der Waals surface area contributed by atoms with E-state index in [0.29, 0.717) is 17.7 Å². The summed E-state index contributed by atoms with van der Waals surface area (Å²) in [6.07, 6.45) is 0.475. The van der Waals surface area contributed by atoms with E-state index in [1.54, 1.807) is 42.5 Å². The van der Waals surface area contributed by atoms with Crippen molar-refractivity contribution in [3.05, 3.63) is 91.9 Å². The summed E-state index contributed by atoms with van der Waals surface area (Å²) < 4.78 is 28.0. The number of hydrogen-bond donors (Lipinski definition) is 3. The number of anilines is 1. The van der Waals surface area contributed by atoms with Gasteiger partial charge in [0.2, 0.25) is 15.9 Å². The van der Waals surface area contributed by atoms with E-state index < -0.39 is 39.4 Å². The molecule has 0 radical (unpaired) electrons. The second kappa shape index (κ2) is 12.8. The third-order valence-electron chi connectivity index (χ3n) is 6.93. The average Bonchev–Trinajstić information content (AvgIpc) is 3.32. The zero-order valence-electron chi connectivity index (χ0n) is 22.0. The van der Waals surface area contributed by atoms with Crippen LogP contribution in [0.25, 0.3) is 0 Å². The van der Waals surface area contributed by atoms with E-state index in [1.165, 1.54) is 25.1 Å². The maximum atomic E-state index is 13.5. The van der Waals surface area contributed by atoms with Crippen LogP contribution < -0.4 is 10.6 Å². The number of carbonyl (C=O) groups is 3. The first-order valence-electron chi connectivity index (χ1n) is 12.6. The Balaban J connectivity index is 1.48. The van der Waals surface area contributed by atoms with Crippen LogP contribution in [-0.4, -0.2) is 53.7 Å². The van der Waals surface area contributed by atoms with Crippen LogP contribution in [0.3, 0.4) is 0 Å². The maximum Gasteiger partial charge on any atom is 0.326 e. The summed E-state index contributed by atoms with van der Waals surface area (Å²) in [5.74, 6) is -2.56. The van der Waals surface area contributed by atoms with Gasteiger partial charge < -0.3 is 15.7 Å². The van der Waals surface area contributed by atoms with Crippen molar-refractivity contribution >= 4 is 79.9 Å². The molecule has 222 valence electrons. The van der Waals surface area contributed by atoms with Gasteiger partial charge in [-0.1, -0.05) is 64.6 Å². The molecule has 3 aromatic carbocycles. The summed E-state index contributed by atoms with van der Waals surface area (Å²) in [5, 5.41) is 15.7.